The van der Waals surface area contributed by atoms with Gasteiger partial charge in [-0.15, -0.1) is 11.8 Å². The van der Waals surface area contributed by atoms with Crippen LogP contribution in [-0.4, -0.2) is 10.7 Å². The van der Waals surface area contributed by atoms with Crippen molar-refractivity contribution in [3.05, 3.63) is 35.9 Å². The van der Waals surface area contributed by atoms with E-state index in [1.165, 1.54) is 5.56 Å². The van der Waals surface area contributed by atoms with E-state index >= 15 is 0 Å². The van der Waals surface area contributed by atoms with Crippen LogP contribution in [0.2, 0.25) is 0 Å². The highest BCUT2D eigenvalue weighted by Crippen LogP contribution is 2.30. The van der Waals surface area contributed by atoms with E-state index in [-0.39, 0.29) is 0 Å². The highest BCUT2D eigenvalue weighted by atomic mass is 32.2. The van der Waals surface area contributed by atoms with Gasteiger partial charge in [-0.25, -0.2) is 0 Å². The molecule has 1 heterocycles. The van der Waals surface area contributed by atoms with Gasteiger partial charge in [0, 0.05) is 5.75 Å². The number of benzene rings is 1. The van der Waals surface area contributed by atoms with E-state index in [1.54, 1.807) is 0 Å². The molecule has 0 bridgehead atoms. The second-order valence-corrected chi connectivity index (χ2v) is 4.26. The molecule has 62 valence electrons. The molecule has 1 aliphatic rings. The Morgan fingerprint density at radius 3 is 2.67 bits per heavy atom. The third kappa shape index (κ3) is 1.62. The minimum absolute atomic E-state index is 0.374. The zero-order valence-electron chi connectivity index (χ0n) is 6.49. The van der Waals surface area contributed by atoms with Crippen molar-refractivity contribution in [2.24, 2.45) is 0 Å². The lowest BCUT2D eigenvalue weighted by Crippen LogP contribution is -2.16. The lowest BCUT2D eigenvalue weighted by molar-refractivity contribution is 0.919. The zero-order valence-corrected chi connectivity index (χ0v) is 8.12. The second-order valence-electron chi connectivity index (χ2n) is 2.67. The van der Waals surface area contributed by atoms with Crippen molar-refractivity contribution in [3.63, 3.8) is 0 Å². The van der Waals surface area contributed by atoms with E-state index < -0.39 is 0 Å². The average molecular weight is 195 g/mol. The molecule has 1 atom stereocenters. The molecule has 1 nitrogen and oxygen atoms in total. The fraction of sp³-hybridized carbons (Fsp3) is 0.222. The Morgan fingerprint density at radius 1 is 1.33 bits per heavy atom. The predicted molar refractivity (Wildman–Crippen MR) is 57.4 cm³/mol. The van der Waals surface area contributed by atoms with Crippen molar-refractivity contribution in [1.82, 2.24) is 5.32 Å². The molecule has 0 radical (unpaired) electrons. The SMILES string of the molecule is S=C1CSC(c2ccccc2)N1. The number of rotatable bonds is 1. The average Bonchev–Trinajstić information content (AvgIpc) is 2.54. The lowest BCUT2D eigenvalue weighted by Gasteiger charge is -2.08. The molecule has 1 saturated heterocycles. The van der Waals surface area contributed by atoms with Crippen LogP contribution < -0.4 is 5.32 Å². The first-order chi connectivity index (χ1) is 5.86. The number of hydrogen-bond donors (Lipinski definition) is 1. The van der Waals surface area contributed by atoms with Gasteiger partial charge in [-0.2, -0.15) is 0 Å². The minimum Gasteiger partial charge on any atom is -0.363 e. The van der Waals surface area contributed by atoms with Gasteiger partial charge >= 0.3 is 0 Å². The van der Waals surface area contributed by atoms with E-state index in [4.69, 9.17) is 12.2 Å². The molecule has 1 N–H and O–H groups in total. The van der Waals surface area contributed by atoms with Crippen LogP contribution in [0.5, 0.6) is 0 Å². The van der Waals surface area contributed by atoms with Gasteiger partial charge in [-0.1, -0.05) is 42.5 Å². The summed E-state index contributed by atoms with van der Waals surface area (Å²) in [6, 6.07) is 10.4. The van der Waals surface area contributed by atoms with Crippen LogP contribution in [0, 0.1) is 0 Å². The van der Waals surface area contributed by atoms with E-state index in [1.807, 2.05) is 17.8 Å². The first-order valence-corrected chi connectivity index (χ1v) is 5.28. The molecule has 0 aromatic heterocycles. The van der Waals surface area contributed by atoms with Gasteiger partial charge in [0.2, 0.25) is 0 Å². The Labute approximate surface area is 81.6 Å². The molecular weight excluding hydrogens is 186 g/mol. The molecule has 1 aromatic rings. The van der Waals surface area contributed by atoms with E-state index in [0.29, 0.717) is 5.37 Å². The third-order valence-electron chi connectivity index (χ3n) is 1.78. The van der Waals surface area contributed by atoms with E-state index in [0.717, 1.165) is 10.7 Å². The van der Waals surface area contributed by atoms with Gasteiger partial charge in [0.25, 0.3) is 0 Å². The standard InChI is InChI=1S/C9H9NS2/c11-8-6-12-9(10-8)7-4-2-1-3-5-7/h1-5,9H,6H2,(H,10,11). The zero-order chi connectivity index (χ0) is 8.39. The summed E-state index contributed by atoms with van der Waals surface area (Å²) in [6.45, 7) is 0. The Morgan fingerprint density at radius 2 is 2.08 bits per heavy atom. The highest BCUT2D eigenvalue weighted by molar-refractivity contribution is 8.02. The van der Waals surface area contributed by atoms with Crippen LogP contribution in [0.3, 0.4) is 0 Å². The van der Waals surface area contributed by atoms with Gasteiger partial charge in [0.1, 0.15) is 0 Å². The molecular formula is C9H9NS2. The molecule has 0 spiro atoms. The van der Waals surface area contributed by atoms with Gasteiger partial charge in [-0.05, 0) is 5.56 Å². The Hall–Kier alpha value is -0.540. The molecule has 0 aliphatic carbocycles. The molecule has 1 fully saturated rings. The quantitative estimate of drug-likeness (QED) is 0.691. The maximum absolute atomic E-state index is 5.06. The summed E-state index contributed by atoms with van der Waals surface area (Å²) in [7, 11) is 0. The Kier molecular flexibility index (Phi) is 2.33. The van der Waals surface area contributed by atoms with Crippen molar-refractivity contribution in [1.29, 1.82) is 0 Å². The third-order valence-corrected chi connectivity index (χ3v) is 3.40. The minimum atomic E-state index is 0.374. The summed E-state index contributed by atoms with van der Waals surface area (Å²) < 4.78 is 0. The fourth-order valence-electron chi connectivity index (χ4n) is 1.20. The summed E-state index contributed by atoms with van der Waals surface area (Å²) in [4.78, 5) is 0.967. The monoisotopic (exact) mass is 195 g/mol. The first-order valence-electron chi connectivity index (χ1n) is 3.82. The normalized spacial score (nSPS) is 22.3. The van der Waals surface area contributed by atoms with Gasteiger partial charge in [0.05, 0.1) is 10.4 Å². The van der Waals surface area contributed by atoms with E-state index in [2.05, 4.69) is 29.6 Å². The summed E-state index contributed by atoms with van der Waals surface area (Å²) in [5.74, 6) is 0.953. The van der Waals surface area contributed by atoms with Gasteiger partial charge < -0.3 is 5.32 Å². The summed E-state index contributed by atoms with van der Waals surface area (Å²) >= 11 is 6.92. The van der Waals surface area contributed by atoms with Crippen LogP contribution in [0.1, 0.15) is 10.9 Å². The largest absolute Gasteiger partial charge is 0.363 e. The van der Waals surface area contributed by atoms with Crippen LogP contribution in [0.25, 0.3) is 0 Å². The maximum Gasteiger partial charge on any atom is 0.0987 e. The Bertz CT molecular complexity index is 284. The first kappa shape index (κ1) is 8.08. The summed E-state index contributed by atoms with van der Waals surface area (Å²) in [5.41, 5.74) is 1.31. The van der Waals surface area contributed by atoms with Gasteiger partial charge in [-0.3, -0.25) is 0 Å². The number of nitrogens with one attached hydrogen (secondary N) is 1. The highest BCUT2D eigenvalue weighted by Gasteiger charge is 2.19. The summed E-state index contributed by atoms with van der Waals surface area (Å²) in [5, 5.41) is 3.64. The van der Waals surface area contributed by atoms with Crippen LogP contribution >= 0.6 is 24.0 Å². The molecule has 1 aliphatic heterocycles. The van der Waals surface area contributed by atoms with Crippen LogP contribution in [0.4, 0.5) is 0 Å². The lowest BCUT2D eigenvalue weighted by atomic mass is 10.2. The van der Waals surface area contributed by atoms with Crippen LogP contribution in [0.15, 0.2) is 30.3 Å². The maximum atomic E-state index is 5.06. The Balaban J connectivity index is 2.16. The van der Waals surface area contributed by atoms with Crippen LogP contribution in [-0.2, 0) is 0 Å². The molecule has 0 amide bonds. The molecule has 1 unspecified atom stereocenters. The van der Waals surface area contributed by atoms with Crippen molar-refractivity contribution >= 4 is 29.0 Å². The number of thioether (sulfide) groups is 1. The van der Waals surface area contributed by atoms with Crippen molar-refractivity contribution in [2.75, 3.05) is 5.75 Å². The van der Waals surface area contributed by atoms with Crippen molar-refractivity contribution in [3.8, 4) is 0 Å². The topological polar surface area (TPSA) is 12.0 Å². The summed E-state index contributed by atoms with van der Waals surface area (Å²) in [6.07, 6.45) is 0. The fourth-order valence-corrected chi connectivity index (χ4v) is 2.57. The molecule has 1 aromatic carbocycles. The molecule has 12 heavy (non-hydrogen) atoms. The molecule has 2 rings (SSSR count). The van der Waals surface area contributed by atoms with Gasteiger partial charge in [0.15, 0.2) is 0 Å². The number of thiocarbonyl (C=S) groups is 1. The van der Waals surface area contributed by atoms with Crippen molar-refractivity contribution in [2.45, 2.75) is 5.37 Å². The smallest absolute Gasteiger partial charge is 0.0987 e. The number of hydrogen-bond acceptors (Lipinski definition) is 2. The van der Waals surface area contributed by atoms with E-state index in [9.17, 15) is 0 Å². The molecule has 3 heteroatoms. The molecule has 0 saturated carbocycles. The van der Waals surface area contributed by atoms with Crippen molar-refractivity contribution < 1.29 is 0 Å². The second kappa shape index (κ2) is 3.46. The predicted octanol–water partition coefficient (Wildman–Crippen LogP) is 2.35.